The molecule has 0 atom stereocenters. The number of benzene rings is 1. The van der Waals surface area contributed by atoms with E-state index >= 15 is 0 Å². The lowest BCUT2D eigenvalue weighted by molar-refractivity contribution is 0.930. The molecule has 2 rings (SSSR count). The first-order chi connectivity index (χ1) is 7.15. The Bertz CT molecular complexity index is 500. The van der Waals surface area contributed by atoms with Crippen molar-refractivity contribution in [2.24, 2.45) is 12.8 Å². The molecule has 2 N–H and O–H groups in total. The number of rotatable bonds is 2. The number of halogens is 1. The average Bonchev–Trinajstić information content (AvgIpc) is 2.44. The molecule has 80 valence electrons. The van der Waals surface area contributed by atoms with Crippen LogP contribution in [0.5, 0.6) is 0 Å². The summed E-state index contributed by atoms with van der Waals surface area (Å²) in [5.74, 6) is 0. The van der Waals surface area contributed by atoms with E-state index in [4.69, 9.17) is 17.3 Å². The van der Waals surface area contributed by atoms with Crippen LogP contribution in [-0.2, 0) is 13.5 Å². The van der Waals surface area contributed by atoms with Gasteiger partial charge in [-0.3, -0.25) is 0 Å². The first kappa shape index (κ1) is 10.5. The van der Waals surface area contributed by atoms with Crippen LogP contribution in [0.1, 0.15) is 11.1 Å². The molecule has 0 bridgehead atoms. The average molecular weight is 223 g/mol. The number of aromatic nitrogens is 1. The van der Waals surface area contributed by atoms with E-state index in [-0.39, 0.29) is 0 Å². The third-order valence-electron chi connectivity index (χ3n) is 2.78. The second-order valence-corrected chi connectivity index (χ2v) is 4.25. The molecule has 0 saturated carbocycles. The summed E-state index contributed by atoms with van der Waals surface area (Å²) in [5, 5.41) is 2.04. The standard InChI is InChI=1S/C12H15ClN2/c1-8-3-4-11-10(7-8)9(5-6-14)12(13)15(11)2/h3-4,7H,5-6,14H2,1-2H3. The van der Waals surface area contributed by atoms with Gasteiger partial charge in [-0.1, -0.05) is 23.2 Å². The van der Waals surface area contributed by atoms with Gasteiger partial charge in [0.15, 0.2) is 0 Å². The Morgan fingerprint density at radius 3 is 2.80 bits per heavy atom. The highest BCUT2D eigenvalue weighted by Crippen LogP contribution is 2.29. The summed E-state index contributed by atoms with van der Waals surface area (Å²) in [5.41, 5.74) is 9.19. The summed E-state index contributed by atoms with van der Waals surface area (Å²) in [7, 11) is 1.99. The minimum Gasteiger partial charge on any atom is -0.335 e. The fourth-order valence-corrected chi connectivity index (χ4v) is 2.27. The van der Waals surface area contributed by atoms with E-state index in [9.17, 15) is 0 Å². The predicted molar refractivity (Wildman–Crippen MR) is 65.4 cm³/mol. The van der Waals surface area contributed by atoms with E-state index < -0.39 is 0 Å². The third-order valence-corrected chi connectivity index (χ3v) is 3.26. The molecule has 0 unspecified atom stereocenters. The van der Waals surface area contributed by atoms with Gasteiger partial charge in [-0.2, -0.15) is 0 Å². The maximum absolute atomic E-state index is 6.28. The summed E-state index contributed by atoms with van der Waals surface area (Å²) in [6.07, 6.45) is 0.833. The lowest BCUT2D eigenvalue weighted by atomic mass is 10.1. The molecule has 0 spiro atoms. The highest BCUT2D eigenvalue weighted by molar-refractivity contribution is 6.32. The van der Waals surface area contributed by atoms with Gasteiger partial charge in [-0.05, 0) is 37.6 Å². The van der Waals surface area contributed by atoms with Gasteiger partial charge in [-0.25, -0.2) is 0 Å². The van der Waals surface area contributed by atoms with E-state index in [1.165, 1.54) is 22.0 Å². The quantitative estimate of drug-likeness (QED) is 0.832. The summed E-state index contributed by atoms with van der Waals surface area (Å²) in [6, 6.07) is 6.38. The molecule has 2 nitrogen and oxygen atoms in total. The monoisotopic (exact) mass is 222 g/mol. The van der Waals surface area contributed by atoms with Crippen molar-refractivity contribution >= 4 is 22.5 Å². The summed E-state index contributed by atoms with van der Waals surface area (Å²) >= 11 is 6.28. The van der Waals surface area contributed by atoms with E-state index in [0.717, 1.165) is 11.6 Å². The van der Waals surface area contributed by atoms with E-state index in [2.05, 4.69) is 25.1 Å². The minimum atomic E-state index is 0.632. The zero-order valence-electron chi connectivity index (χ0n) is 9.05. The number of nitrogens with zero attached hydrogens (tertiary/aromatic N) is 1. The van der Waals surface area contributed by atoms with Crippen molar-refractivity contribution in [3.05, 3.63) is 34.5 Å². The summed E-state index contributed by atoms with van der Waals surface area (Å²) in [4.78, 5) is 0. The number of aryl methyl sites for hydroxylation is 2. The van der Waals surface area contributed by atoms with Gasteiger partial charge >= 0.3 is 0 Å². The molecule has 0 aliphatic carbocycles. The van der Waals surface area contributed by atoms with Gasteiger partial charge < -0.3 is 10.3 Å². The van der Waals surface area contributed by atoms with Crippen LogP contribution in [-0.4, -0.2) is 11.1 Å². The molecule has 1 aromatic carbocycles. The molecule has 3 heteroatoms. The zero-order chi connectivity index (χ0) is 11.0. The van der Waals surface area contributed by atoms with Gasteiger partial charge in [0, 0.05) is 18.0 Å². The van der Waals surface area contributed by atoms with Crippen molar-refractivity contribution in [2.45, 2.75) is 13.3 Å². The van der Waals surface area contributed by atoms with Gasteiger partial charge in [0.2, 0.25) is 0 Å². The van der Waals surface area contributed by atoms with E-state index in [0.29, 0.717) is 6.54 Å². The molecule has 0 amide bonds. The van der Waals surface area contributed by atoms with Crippen molar-refractivity contribution in [3.8, 4) is 0 Å². The lowest BCUT2D eigenvalue weighted by Gasteiger charge is -1.97. The Kier molecular flexibility index (Phi) is 2.72. The largest absolute Gasteiger partial charge is 0.335 e. The van der Waals surface area contributed by atoms with Crippen molar-refractivity contribution < 1.29 is 0 Å². The van der Waals surface area contributed by atoms with Crippen LogP contribution < -0.4 is 5.73 Å². The molecule has 1 aromatic heterocycles. The second kappa shape index (κ2) is 3.87. The Balaban J connectivity index is 2.76. The Morgan fingerprint density at radius 2 is 2.13 bits per heavy atom. The SMILES string of the molecule is Cc1ccc2c(c1)c(CCN)c(Cl)n2C. The summed E-state index contributed by atoms with van der Waals surface area (Å²) in [6.45, 7) is 2.72. The fourth-order valence-electron chi connectivity index (χ4n) is 1.99. The smallest absolute Gasteiger partial charge is 0.113 e. The van der Waals surface area contributed by atoms with Crippen molar-refractivity contribution in [1.82, 2.24) is 4.57 Å². The van der Waals surface area contributed by atoms with Crippen LogP contribution >= 0.6 is 11.6 Å². The van der Waals surface area contributed by atoms with Crippen LogP contribution in [0.3, 0.4) is 0 Å². The van der Waals surface area contributed by atoms with Crippen molar-refractivity contribution in [3.63, 3.8) is 0 Å². The zero-order valence-corrected chi connectivity index (χ0v) is 9.80. The highest BCUT2D eigenvalue weighted by atomic mass is 35.5. The maximum atomic E-state index is 6.28. The Morgan fingerprint density at radius 1 is 1.40 bits per heavy atom. The van der Waals surface area contributed by atoms with Crippen LogP contribution in [0.2, 0.25) is 5.15 Å². The molecule has 2 aromatic rings. The lowest BCUT2D eigenvalue weighted by Crippen LogP contribution is -2.02. The third kappa shape index (κ3) is 1.64. The molecule has 0 fully saturated rings. The van der Waals surface area contributed by atoms with Crippen molar-refractivity contribution in [2.75, 3.05) is 6.54 Å². The molecule has 0 radical (unpaired) electrons. The first-order valence-electron chi connectivity index (χ1n) is 5.08. The van der Waals surface area contributed by atoms with Gasteiger partial charge in [0.1, 0.15) is 5.15 Å². The normalized spacial score (nSPS) is 11.2. The molecule has 0 saturated heterocycles. The van der Waals surface area contributed by atoms with Gasteiger partial charge in [0.05, 0.1) is 0 Å². The van der Waals surface area contributed by atoms with Crippen LogP contribution in [0.4, 0.5) is 0 Å². The van der Waals surface area contributed by atoms with Crippen LogP contribution in [0.15, 0.2) is 18.2 Å². The van der Waals surface area contributed by atoms with Gasteiger partial charge in [0.25, 0.3) is 0 Å². The first-order valence-corrected chi connectivity index (χ1v) is 5.46. The topological polar surface area (TPSA) is 30.9 Å². The van der Waals surface area contributed by atoms with Gasteiger partial charge in [-0.15, -0.1) is 0 Å². The van der Waals surface area contributed by atoms with E-state index in [1.54, 1.807) is 0 Å². The number of nitrogens with two attached hydrogens (primary N) is 1. The molecule has 0 aliphatic heterocycles. The molecule has 0 aliphatic rings. The van der Waals surface area contributed by atoms with Crippen LogP contribution in [0.25, 0.3) is 10.9 Å². The Labute approximate surface area is 94.6 Å². The minimum absolute atomic E-state index is 0.632. The maximum Gasteiger partial charge on any atom is 0.113 e. The molecular formula is C12H15ClN2. The van der Waals surface area contributed by atoms with Crippen molar-refractivity contribution in [1.29, 1.82) is 0 Å². The number of fused-ring (bicyclic) bond motifs is 1. The Hall–Kier alpha value is -0.990. The second-order valence-electron chi connectivity index (χ2n) is 3.89. The number of hydrogen-bond donors (Lipinski definition) is 1. The molecule has 1 heterocycles. The predicted octanol–water partition coefficient (Wildman–Crippen LogP) is 2.64. The fraction of sp³-hybridized carbons (Fsp3) is 0.333. The van der Waals surface area contributed by atoms with E-state index in [1.807, 2.05) is 11.6 Å². The van der Waals surface area contributed by atoms with Crippen LogP contribution in [0, 0.1) is 6.92 Å². The molecule has 15 heavy (non-hydrogen) atoms. The number of hydrogen-bond acceptors (Lipinski definition) is 1. The summed E-state index contributed by atoms with van der Waals surface area (Å²) < 4.78 is 2.02. The highest BCUT2D eigenvalue weighted by Gasteiger charge is 2.12. The molecular weight excluding hydrogens is 208 g/mol.